The van der Waals surface area contributed by atoms with Crippen LogP contribution in [0.25, 0.3) is 0 Å². The Morgan fingerprint density at radius 2 is 2.14 bits per heavy atom. The lowest BCUT2D eigenvalue weighted by atomic mass is 9.86. The summed E-state index contributed by atoms with van der Waals surface area (Å²) in [4.78, 5) is 23.7. The van der Waals surface area contributed by atoms with Crippen LogP contribution in [0.1, 0.15) is 50.1 Å². The normalized spacial score (nSPS) is 21.8. The summed E-state index contributed by atoms with van der Waals surface area (Å²) < 4.78 is 6.01. The molecule has 1 aliphatic carbocycles. The Morgan fingerprint density at radius 1 is 1.38 bits per heavy atom. The summed E-state index contributed by atoms with van der Waals surface area (Å²) in [6, 6.07) is 0.189. The Kier molecular flexibility index (Phi) is 5.24. The molecule has 1 amide bonds. The minimum absolute atomic E-state index is 0.0521. The van der Waals surface area contributed by atoms with Gasteiger partial charge in [-0.1, -0.05) is 19.8 Å². The number of hydrogen-bond acceptors (Lipinski definition) is 6. The first-order valence-electron chi connectivity index (χ1n) is 7.34. The quantitative estimate of drug-likeness (QED) is 0.796. The van der Waals surface area contributed by atoms with Gasteiger partial charge in [0.15, 0.2) is 0 Å². The van der Waals surface area contributed by atoms with E-state index in [9.17, 15) is 9.59 Å². The van der Waals surface area contributed by atoms with Crippen molar-refractivity contribution in [2.75, 3.05) is 6.61 Å². The molecule has 0 spiro atoms. The summed E-state index contributed by atoms with van der Waals surface area (Å²) in [6.07, 6.45) is 4.47. The van der Waals surface area contributed by atoms with Crippen molar-refractivity contribution in [3.63, 3.8) is 0 Å². The highest BCUT2D eigenvalue weighted by atomic mass is 16.5. The largest absolute Gasteiger partial charge is 0.460 e. The van der Waals surface area contributed by atoms with E-state index >= 15 is 0 Å². The highest BCUT2D eigenvalue weighted by Gasteiger charge is 2.24. The predicted molar refractivity (Wildman–Crippen MR) is 73.3 cm³/mol. The minimum atomic E-state index is -0.624. The van der Waals surface area contributed by atoms with Gasteiger partial charge in [-0.05, 0) is 36.1 Å². The SMILES string of the molecule is CCOC(=O)c1nnnn1CC(=O)NC1CCCCC1C. The number of nitrogens with zero attached hydrogens (tertiary/aromatic N) is 4. The van der Waals surface area contributed by atoms with E-state index in [4.69, 9.17) is 4.74 Å². The number of carbonyl (C=O) groups is 2. The summed E-state index contributed by atoms with van der Waals surface area (Å²) in [5.74, 6) is -0.391. The first-order valence-corrected chi connectivity index (χ1v) is 7.34. The van der Waals surface area contributed by atoms with Crippen molar-refractivity contribution in [2.24, 2.45) is 5.92 Å². The molecule has 2 rings (SSSR count). The molecule has 1 heterocycles. The van der Waals surface area contributed by atoms with Gasteiger partial charge in [-0.2, -0.15) is 0 Å². The fourth-order valence-electron chi connectivity index (χ4n) is 2.57. The molecule has 8 heteroatoms. The van der Waals surface area contributed by atoms with Crippen molar-refractivity contribution in [3.05, 3.63) is 5.82 Å². The summed E-state index contributed by atoms with van der Waals surface area (Å²) in [7, 11) is 0. The lowest BCUT2D eigenvalue weighted by Crippen LogP contribution is -2.42. The third-order valence-electron chi connectivity index (χ3n) is 3.74. The van der Waals surface area contributed by atoms with Crippen molar-refractivity contribution < 1.29 is 14.3 Å². The summed E-state index contributed by atoms with van der Waals surface area (Å²) in [5, 5.41) is 13.7. The van der Waals surface area contributed by atoms with Crippen molar-refractivity contribution in [1.82, 2.24) is 25.5 Å². The van der Waals surface area contributed by atoms with Gasteiger partial charge in [0.2, 0.25) is 5.91 Å². The first-order chi connectivity index (χ1) is 10.1. The Balaban J connectivity index is 1.93. The zero-order chi connectivity index (χ0) is 15.2. The monoisotopic (exact) mass is 295 g/mol. The van der Waals surface area contributed by atoms with Crippen LogP contribution in [-0.4, -0.2) is 44.7 Å². The topological polar surface area (TPSA) is 99.0 Å². The van der Waals surface area contributed by atoms with Crippen LogP contribution >= 0.6 is 0 Å². The van der Waals surface area contributed by atoms with E-state index in [1.165, 1.54) is 11.1 Å². The molecule has 8 nitrogen and oxygen atoms in total. The number of rotatable bonds is 5. The maximum Gasteiger partial charge on any atom is 0.378 e. The molecule has 0 bridgehead atoms. The lowest BCUT2D eigenvalue weighted by Gasteiger charge is -2.29. The van der Waals surface area contributed by atoms with Gasteiger partial charge in [-0.25, -0.2) is 9.48 Å². The molecule has 0 saturated heterocycles. The summed E-state index contributed by atoms with van der Waals surface area (Å²) in [5.41, 5.74) is 0. The number of aromatic nitrogens is 4. The molecule has 116 valence electrons. The van der Waals surface area contributed by atoms with Gasteiger partial charge in [0, 0.05) is 6.04 Å². The van der Waals surface area contributed by atoms with E-state index in [1.54, 1.807) is 6.92 Å². The zero-order valence-corrected chi connectivity index (χ0v) is 12.4. The zero-order valence-electron chi connectivity index (χ0n) is 12.4. The van der Waals surface area contributed by atoms with Gasteiger partial charge in [0.05, 0.1) is 6.61 Å². The van der Waals surface area contributed by atoms with Gasteiger partial charge in [0.25, 0.3) is 5.82 Å². The molecule has 0 aromatic carbocycles. The van der Waals surface area contributed by atoms with Crippen LogP contribution in [0.4, 0.5) is 0 Å². The van der Waals surface area contributed by atoms with Crippen molar-refractivity contribution in [2.45, 2.75) is 52.1 Å². The fourth-order valence-corrected chi connectivity index (χ4v) is 2.57. The number of amides is 1. The van der Waals surface area contributed by atoms with E-state index in [2.05, 4.69) is 27.8 Å². The Bertz CT molecular complexity index is 502. The Morgan fingerprint density at radius 3 is 2.86 bits per heavy atom. The van der Waals surface area contributed by atoms with Gasteiger partial charge in [0.1, 0.15) is 6.54 Å². The van der Waals surface area contributed by atoms with Crippen molar-refractivity contribution in [3.8, 4) is 0 Å². The van der Waals surface area contributed by atoms with Crippen molar-refractivity contribution in [1.29, 1.82) is 0 Å². The maximum absolute atomic E-state index is 12.1. The van der Waals surface area contributed by atoms with Crippen LogP contribution in [0.2, 0.25) is 0 Å². The molecule has 2 atom stereocenters. The summed E-state index contributed by atoms with van der Waals surface area (Å²) >= 11 is 0. The van der Waals surface area contributed by atoms with Crippen LogP contribution in [0.15, 0.2) is 0 Å². The van der Waals surface area contributed by atoms with Crippen LogP contribution in [0, 0.1) is 5.92 Å². The van der Waals surface area contributed by atoms with Crippen LogP contribution in [0.3, 0.4) is 0 Å². The first kappa shape index (κ1) is 15.4. The minimum Gasteiger partial charge on any atom is -0.460 e. The number of nitrogens with one attached hydrogen (secondary N) is 1. The molecule has 0 radical (unpaired) electrons. The van der Waals surface area contributed by atoms with Crippen LogP contribution in [-0.2, 0) is 16.1 Å². The molecule has 1 N–H and O–H groups in total. The third kappa shape index (κ3) is 3.99. The second kappa shape index (κ2) is 7.14. The standard InChI is InChI=1S/C13H21N5O3/c1-3-21-13(20)12-15-16-17-18(12)8-11(19)14-10-7-5-4-6-9(10)2/h9-10H,3-8H2,1-2H3,(H,14,19). The van der Waals surface area contributed by atoms with Crippen LogP contribution < -0.4 is 5.32 Å². The summed E-state index contributed by atoms with van der Waals surface area (Å²) in [6.45, 7) is 4.00. The van der Waals surface area contributed by atoms with E-state index in [-0.39, 0.29) is 30.9 Å². The second-order valence-electron chi connectivity index (χ2n) is 5.32. The fraction of sp³-hybridized carbons (Fsp3) is 0.769. The Labute approximate surface area is 123 Å². The Hall–Kier alpha value is -1.99. The highest BCUT2D eigenvalue weighted by Crippen LogP contribution is 2.23. The van der Waals surface area contributed by atoms with E-state index in [0.717, 1.165) is 19.3 Å². The van der Waals surface area contributed by atoms with Crippen LogP contribution in [0.5, 0.6) is 0 Å². The van der Waals surface area contributed by atoms with Gasteiger partial charge in [-0.15, -0.1) is 5.10 Å². The molecule has 1 fully saturated rings. The third-order valence-corrected chi connectivity index (χ3v) is 3.74. The van der Waals surface area contributed by atoms with Gasteiger partial charge >= 0.3 is 5.97 Å². The van der Waals surface area contributed by atoms with Crippen molar-refractivity contribution >= 4 is 11.9 Å². The smallest absolute Gasteiger partial charge is 0.378 e. The van der Waals surface area contributed by atoms with Gasteiger partial charge < -0.3 is 10.1 Å². The average Bonchev–Trinajstić information content (AvgIpc) is 2.90. The maximum atomic E-state index is 12.1. The molecule has 1 aromatic heterocycles. The van der Waals surface area contributed by atoms with E-state index in [1.807, 2.05) is 0 Å². The predicted octanol–water partition coefficient (Wildman–Crippen LogP) is 0.545. The number of ether oxygens (including phenoxy) is 1. The number of tetrazole rings is 1. The molecule has 1 saturated carbocycles. The average molecular weight is 295 g/mol. The molecule has 1 aliphatic rings. The molecule has 1 aromatic rings. The lowest BCUT2D eigenvalue weighted by molar-refractivity contribution is -0.123. The molecule has 0 aliphatic heterocycles. The molecular weight excluding hydrogens is 274 g/mol. The van der Waals surface area contributed by atoms with E-state index < -0.39 is 5.97 Å². The number of esters is 1. The highest BCUT2D eigenvalue weighted by molar-refractivity contribution is 5.86. The van der Waals surface area contributed by atoms with E-state index in [0.29, 0.717) is 5.92 Å². The number of carbonyl (C=O) groups excluding carboxylic acids is 2. The number of hydrogen-bond donors (Lipinski definition) is 1. The molecule has 21 heavy (non-hydrogen) atoms. The second-order valence-corrected chi connectivity index (χ2v) is 5.32. The van der Waals surface area contributed by atoms with Gasteiger partial charge in [-0.3, -0.25) is 4.79 Å². The molecular formula is C13H21N5O3. The molecule has 2 unspecified atom stereocenters.